The van der Waals surface area contributed by atoms with Crippen molar-refractivity contribution < 1.29 is 14.3 Å². The van der Waals surface area contributed by atoms with Crippen molar-refractivity contribution in [3.63, 3.8) is 0 Å². The summed E-state index contributed by atoms with van der Waals surface area (Å²) in [5.74, 6) is 2.31. The van der Waals surface area contributed by atoms with E-state index in [1.807, 2.05) is 74.5 Å². The zero-order valence-electron chi connectivity index (χ0n) is 21.5. The van der Waals surface area contributed by atoms with Crippen molar-refractivity contribution in [1.82, 2.24) is 14.9 Å². The van der Waals surface area contributed by atoms with E-state index in [0.717, 1.165) is 35.5 Å². The number of ether oxygens (including phenoxy) is 2. The van der Waals surface area contributed by atoms with E-state index in [1.165, 1.54) is 0 Å². The van der Waals surface area contributed by atoms with Crippen molar-refractivity contribution in [3.05, 3.63) is 66.7 Å². The molecule has 0 saturated carbocycles. The van der Waals surface area contributed by atoms with Gasteiger partial charge in [0.15, 0.2) is 11.6 Å². The SMILES string of the molecule is CCN(CC)CC(=O)Nc1cccc(Nc2nc3ccccc3nc2Nc2cc(OC)cc(OC)c2)c1. The third-order valence-electron chi connectivity index (χ3n) is 5.86. The zero-order chi connectivity index (χ0) is 26.2. The summed E-state index contributed by atoms with van der Waals surface area (Å²) < 4.78 is 10.8. The van der Waals surface area contributed by atoms with E-state index < -0.39 is 0 Å². The van der Waals surface area contributed by atoms with Crippen molar-refractivity contribution in [1.29, 1.82) is 0 Å². The number of carbonyl (C=O) groups is 1. The van der Waals surface area contributed by atoms with Crippen LogP contribution in [0.15, 0.2) is 66.7 Å². The van der Waals surface area contributed by atoms with Gasteiger partial charge in [-0.05, 0) is 43.4 Å². The molecule has 4 aromatic rings. The first-order chi connectivity index (χ1) is 18.0. The minimum Gasteiger partial charge on any atom is -0.497 e. The van der Waals surface area contributed by atoms with Gasteiger partial charge in [-0.2, -0.15) is 0 Å². The largest absolute Gasteiger partial charge is 0.497 e. The number of hydrogen-bond donors (Lipinski definition) is 3. The molecule has 3 aromatic carbocycles. The fraction of sp³-hybridized carbons (Fsp3) is 0.250. The van der Waals surface area contributed by atoms with Gasteiger partial charge in [-0.1, -0.05) is 32.0 Å². The molecular weight excluding hydrogens is 468 g/mol. The summed E-state index contributed by atoms with van der Waals surface area (Å²) in [6.07, 6.45) is 0. The summed E-state index contributed by atoms with van der Waals surface area (Å²) in [5.41, 5.74) is 3.70. The number of carbonyl (C=O) groups excluding carboxylic acids is 1. The van der Waals surface area contributed by atoms with Gasteiger partial charge in [-0.25, -0.2) is 9.97 Å². The molecule has 0 fully saturated rings. The molecule has 9 nitrogen and oxygen atoms in total. The number of anilines is 5. The lowest BCUT2D eigenvalue weighted by Gasteiger charge is -2.18. The quantitative estimate of drug-likeness (QED) is 0.251. The predicted octanol–water partition coefficient (Wildman–Crippen LogP) is 5.41. The number of nitrogens with zero attached hydrogens (tertiary/aromatic N) is 3. The third kappa shape index (κ3) is 6.65. The Morgan fingerprint density at radius 1 is 0.757 bits per heavy atom. The number of aromatic nitrogens is 2. The summed E-state index contributed by atoms with van der Waals surface area (Å²) >= 11 is 0. The number of amides is 1. The molecule has 1 heterocycles. The maximum absolute atomic E-state index is 12.5. The first-order valence-corrected chi connectivity index (χ1v) is 12.2. The number of hydrogen-bond acceptors (Lipinski definition) is 8. The molecule has 0 unspecified atom stereocenters. The van der Waals surface area contributed by atoms with Gasteiger partial charge in [0.1, 0.15) is 11.5 Å². The highest BCUT2D eigenvalue weighted by molar-refractivity contribution is 5.93. The van der Waals surface area contributed by atoms with E-state index in [9.17, 15) is 4.79 Å². The van der Waals surface area contributed by atoms with Crippen LogP contribution >= 0.6 is 0 Å². The van der Waals surface area contributed by atoms with Crippen molar-refractivity contribution in [3.8, 4) is 11.5 Å². The van der Waals surface area contributed by atoms with Crippen molar-refractivity contribution in [2.24, 2.45) is 0 Å². The Labute approximate surface area is 216 Å². The fourth-order valence-electron chi connectivity index (χ4n) is 3.85. The number of fused-ring (bicyclic) bond motifs is 1. The summed E-state index contributed by atoms with van der Waals surface area (Å²) in [7, 11) is 3.21. The number of methoxy groups -OCH3 is 2. The van der Waals surface area contributed by atoms with Crippen LogP contribution in [0, 0.1) is 0 Å². The average molecular weight is 501 g/mol. The second kappa shape index (κ2) is 12.0. The van der Waals surface area contributed by atoms with E-state index >= 15 is 0 Å². The maximum Gasteiger partial charge on any atom is 0.238 e. The molecule has 1 aromatic heterocycles. The van der Waals surface area contributed by atoms with E-state index in [4.69, 9.17) is 19.4 Å². The highest BCUT2D eigenvalue weighted by Crippen LogP contribution is 2.32. The Morgan fingerprint density at radius 2 is 1.32 bits per heavy atom. The highest BCUT2D eigenvalue weighted by Gasteiger charge is 2.13. The van der Waals surface area contributed by atoms with Gasteiger partial charge >= 0.3 is 0 Å². The molecule has 0 aliphatic carbocycles. The van der Waals surface area contributed by atoms with Crippen LogP contribution in [0.1, 0.15) is 13.8 Å². The van der Waals surface area contributed by atoms with Gasteiger partial charge in [0, 0.05) is 35.3 Å². The van der Waals surface area contributed by atoms with Crippen LogP contribution < -0.4 is 25.4 Å². The zero-order valence-corrected chi connectivity index (χ0v) is 21.5. The van der Waals surface area contributed by atoms with Crippen LogP contribution in [0.2, 0.25) is 0 Å². The van der Waals surface area contributed by atoms with Crippen molar-refractivity contribution >= 4 is 45.6 Å². The lowest BCUT2D eigenvalue weighted by atomic mass is 10.2. The minimum atomic E-state index is -0.0549. The van der Waals surface area contributed by atoms with E-state index in [0.29, 0.717) is 35.4 Å². The van der Waals surface area contributed by atoms with Crippen molar-refractivity contribution in [2.45, 2.75) is 13.8 Å². The Bertz CT molecular complexity index is 1350. The van der Waals surface area contributed by atoms with Gasteiger partial charge in [0.25, 0.3) is 0 Å². The van der Waals surface area contributed by atoms with Crippen LogP contribution in [0.25, 0.3) is 11.0 Å². The molecule has 4 rings (SSSR count). The first-order valence-electron chi connectivity index (χ1n) is 12.2. The normalized spacial score (nSPS) is 10.8. The lowest BCUT2D eigenvalue weighted by Crippen LogP contribution is -2.32. The molecule has 0 atom stereocenters. The average Bonchev–Trinajstić information content (AvgIpc) is 2.92. The smallest absolute Gasteiger partial charge is 0.238 e. The molecule has 0 aliphatic rings. The molecule has 9 heteroatoms. The van der Waals surface area contributed by atoms with E-state index in [-0.39, 0.29) is 5.91 Å². The molecule has 192 valence electrons. The minimum absolute atomic E-state index is 0.0549. The van der Waals surface area contributed by atoms with Gasteiger partial charge in [-0.3, -0.25) is 9.69 Å². The second-order valence-corrected chi connectivity index (χ2v) is 8.35. The maximum atomic E-state index is 12.5. The molecular formula is C28H32N6O3. The van der Waals surface area contributed by atoms with Crippen LogP contribution in [0.5, 0.6) is 11.5 Å². The number of para-hydroxylation sites is 2. The van der Waals surface area contributed by atoms with Crippen LogP contribution in [0.4, 0.5) is 28.7 Å². The Kier molecular flexibility index (Phi) is 8.37. The summed E-state index contributed by atoms with van der Waals surface area (Å²) in [6.45, 7) is 6.07. The summed E-state index contributed by atoms with van der Waals surface area (Å²) in [5, 5.41) is 9.68. The third-order valence-corrected chi connectivity index (χ3v) is 5.86. The molecule has 0 aliphatic heterocycles. The molecule has 0 radical (unpaired) electrons. The molecule has 0 spiro atoms. The summed E-state index contributed by atoms with van der Waals surface area (Å²) in [6, 6.07) is 20.7. The van der Waals surface area contributed by atoms with E-state index in [2.05, 4.69) is 20.9 Å². The second-order valence-electron chi connectivity index (χ2n) is 8.35. The fourth-order valence-corrected chi connectivity index (χ4v) is 3.85. The molecule has 1 amide bonds. The number of rotatable bonds is 11. The Morgan fingerprint density at radius 3 is 1.89 bits per heavy atom. The van der Waals surface area contributed by atoms with Crippen LogP contribution in [-0.4, -0.2) is 54.6 Å². The number of likely N-dealkylation sites (N-methyl/N-ethyl adjacent to an activating group) is 1. The molecule has 0 saturated heterocycles. The van der Waals surface area contributed by atoms with Crippen LogP contribution in [0.3, 0.4) is 0 Å². The van der Waals surface area contributed by atoms with Gasteiger partial charge < -0.3 is 25.4 Å². The topological polar surface area (TPSA) is 101 Å². The lowest BCUT2D eigenvalue weighted by molar-refractivity contribution is -0.117. The summed E-state index contributed by atoms with van der Waals surface area (Å²) in [4.78, 5) is 24.2. The van der Waals surface area contributed by atoms with E-state index in [1.54, 1.807) is 20.3 Å². The monoisotopic (exact) mass is 500 g/mol. The molecule has 37 heavy (non-hydrogen) atoms. The standard InChI is InChI=1S/C28H32N6O3/c1-5-34(6-2)18-26(35)29-19-10-9-11-20(14-19)30-27-28(33-25-13-8-7-12-24(25)32-27)31-21-15-22(36-3)17-23(16-21)37-4/h7-17H,5-6,18H2,1-4H3,(H,29,35)(H,30,32)(H,31,33). The van der Waals surface area contributed by atoms with Crippen molar-refractivity contribution in [2.75, 3.05) is 49.8 Å². The Hall–Kier alpha value is -4.37. The molecule has 3 N–H and O–H groups in total. The first kappa shape index (κ1) is 25.7. The van der Waals surface area contributed by atoms with Gasteiger partial charge in [0.2, 0.25) is 5.91 Å². The van der Waals surface area contributed by atoms with Gasteiger partial charge in [-0.15, -0.1) is 0 Å². The number of benzene rings is 3. The molecule has 0 bridgehead atoms. The number of nitrogens with one attached hydrogen (secondary N) is 3. The highest BCUT2D eigenvalue weighted by atomic mass is 16.5. The van der Waals surface area contributed by atoms with Gasteiger partial charge in [0.05, 0.1) is 31.8 Å². The predicted molar refractivity (Wildman–Crippen MR) is 149 cm³/mol. The Balaban J connectivity index is 1.63. The van der Waals surface area contributed by atoms with Crippen LogP contribution in [-0.2, 0) is 4.79 Å².